The summed E-state index contributed by atoms with van der Waals surface area (Å²) in [5, 5.41) is 7.02. The number of nitrogens with one attached hydrogen (secondary N) is 2. The highest BCUT2D eigenvalue weighted by Gasteiger charge is 2.20. The molecule has 0 atom stereocenters. The van der Waals surface area contributed by atoms with Crippen LogP contribution in [0.5, 0.6) is 0 Å². The summed E-state index contributed by atoms with van der Waals surface area (Å²) in [4.78, 5) is 11.7. The van der Waals surface area contributed by atoms with Crippen molar-refractivity contribution >= 4 is 35.6 Å². The number of pyridine rings is 1. The highest BCUT2D eigenvalue weighted by molar-refractivity contribution is 14.0. The molecule has 6 nitrogen and oxygen atoms in total. The van der Waals surface area contributed by atoms with Crippen molar-refractivity contribution in [1.29, 1.82) is 0 Å². The Morgan fingerprint density at radius 2 is 1.87 bits per heavy atom. The van der Waals surface area contributed by atoms with Crippen molar-refractivity contribution in [3.63, 3.8) is 0 Å². The molecule has 1 aromatic carbocycles. The minimum atomic E-state index is 0. The topological polar surface area (TPSA) is 57.0 Å². The largest absolute Gasteiger partial charge is 0.354 e. The molecule has 3 aromatic rings. The number of imidazole rings is 1. The smallest absolute Gasteiger partial charge is 0.191 e. The van der Waals surface area contributed by atoms with E-state index in [0.717, 1.165) is 49.8 Å². The number of aryl methyl sites for hydroxylation is 2. The van der Waals surface area contributed by atoms with E-state index in [1.165, 1.54) is 16.8 Å². The Bertz CT molecular complexity index is 1020. The lowest BCUT2D eigenvalue weighted by Crippen LogP contribution is -2.48. The maximum atomic E-state index is 4.69. The number of nitrogens with zero attached hydrogens (tertiary/aromatic N) is 4. The van der Waals surface area contributed by atoms with Crippen LogP contribution >= 0.6 is 24.0 Å². The standard InChI is InChI=1S/C24H32N6.HI/c1-18-7-4-5-9-20(18)16-29-13-11-21(12-14-29)28-24(25-3)26-15-22-17-30-19(2)8-6-10-23(30)27-22;/h4-10,17,21H,11-16H2,1-3H3,(H2,25,26,28);1H. The average Bonchev–Trinajstić information content (AvgIpc) is 3.18. The Morgan fingerprint density at radius 1 is 1.10 bits per heavy atom. The van der Waals surface area contributed by atoms with Gasteiger partial charge in [0.15, 0.2) is 5.96 Å². The zero-order valence-corrected chi connectivity index (χ0v) is 21.0. The summed E-state index contributed by atoms with van der Waals surface area (Å²) >= 11 is 0. The normalized spacial score (nSPS) is 15.6. The van der Waals surface area contributed by atoms with Crippen LogP contribution in [0.2, 0.25) is 0 Å². The number of likely N-dealkylation sites (tertiary alicyclic amines) is 1. The van der Waals surface area contributed by atoms with Crippen LogP contribution in [0, 0.1) is 13.8 Å². The van der Waals surface area contributed by atoms with E-state index in [0.29, 0.717) is 12.6 Å². The van der Waals surface area contributed by atoms with Crippen molar-refractivity contribution in [2.75, 3.05) is 20.1 Å². The molecule has 1 aliphatic heterocycles. The van der Waals surface area contributed by atoms with Gasteiger partial charge in [0.05, 0.1) is 12.2 Å². The first kappa shape index (κ1) is 23.5. The van der Waals surface area contributed by atoms with Crippen molar-refractivity contribution in [3.8, 4) is 0 Å². The van der Waals surface area contributed by atoms with Gasteiger partial charge in [0.1, 0.15) is 5.65 Å². The molecule has 4 rings (SSSR count). The Hall–Kier alpha value is -2.13. The molecule has 2 aromatic heterocycles. The zero-order chi connectivity index (χ0) is 20.9. The van der Waals surface area contributed by atoms with E-state index in [2.05, 4.69) is 75.3 Å². The first-order valence-electron chi connectivity index (χ1n) is 10.8. The van der Waals surface area contributed by atoms with Crippen LogP contribution in [0.1, 0.15) is 35.4 Å². The molecule has 0 aliphatic carbocycles. The number of aromatic nitrogens is 2. The van der Waals surface area contributed by atoms with Gasteiger partial charge < -0.3 is 15.0 Å². The molecule has 1 saturated heterocycles. The Labute approximate surface area is 202 Å². The Balaban J connectivity index is 0.00000272. The second kappa shape index (κ2) is 10.9. The lowest BCUT2D eigenvalue weighted by Gasteiger charge is -2.33. The molecule has 0 spiro atoms. The van der Waals surface area contributed by atoms with Gasteiger partial charge in [0.25, 0.3) is 0 Å². The molecule has 0 radical (unpaired) electrons. The van der Waals surface area contributed by atoms with Crippen LogP contribution in [0.25, 0.3) is 5.65 Å². The fourth-order valence-electron chi connectivity index (χ4n) is 4.11. The van der Waals surface area contributed by atoms with Crippen LogP contribution in [-0.4, -0.2) is 46.4 Å². The maximum absolute atomic E-state index is 4.69. The lowest BCUT2D eigenvalue weighted by molar-refractivity contribution is 0.198. The summed E-state index contributed by atoms with van der Waals surface area (Å²) in [5.74, 6) is 0.848. The van der Waals surface area contributed by atoms with Crippen molar-refractivity contribution in [3.05, 3.63) is 71.2 Å². The van der Waals surface area contributed by atoms with Gasteiger partial charge in [-0.15, -0.1) is 24.0 Å². The van der Waals surface area contributed by atoms with Crippen molar-refractivity contribution in [2.45, 2.75) is 45.8 Å². The number of halogens is 1. The first-order chi connectivity index (χ1) is 14.6. The molecule has 0 saturated carbocycles. The quantitative estimate of drug-likeness (QED) is 0.298. The van der Waals surface area contributed by atoms with Gasteiger partial charge in [-0.1, -0.05) is 30.3 Å². The lowest BCUT2D eigenvalue weighted by atomic mass is 10.0. The minimum Gasteiger partial charge on any atom is -0.354 e. The van der Waals surface area contributed by atoms with Gasteiger partial charge >= 0.3 is 0 Å². The van der Waals surface area contributed by atoms with E-state index in [-0.39, 0.29) is 24.0 Å². The summed E-state index contributed by atoms with van der Waals surface area (Å²) < 4.78 is 2.12. The number of benzene rings is 1. The highest BCUT2D eigenvalue weighted by atomic mass is 127. The fraction of sp³-hybridized carbons (Fsp3) is 0.417. The summed E-state index contributed by atoms with van der Waals surface area (Å²) in [6.45, 7) is 8.21. The van der Waals surface area contributed by atoms with Crippen LogP contribution in [0.15, 0.2) is 53.7 Å². The maximum Gasteiger partial charge on any atom is 0.191 e. The third-order valence-corrected chi connectivity index (χ3v) is 5.99. The molecule has 31 heavy (non-hydrogen) atoms. The van der Waals surface area contributed by atoms with E-state index in [1.807, 2.05) is 19.2 Å². The molecule has 166 valence electrons. The number of rotatable bonds is 5. The van der Waals surface area contributed by atoms with E-state index in [1.54, 1.807) is 0 Å². The predicted octanol–water partition coefficient (Wildman–Crippen LogP) is 3.90. The van der Waals surface area contributed by atoms with E-state index >= 15 is 0 Å². The number of hydrogen-bond acceptors (Lipinski definition) is 3. The highest BCUT2D eigenvalue weighted by Crippen LogP contribution is 2.16. The second-order valence-electron chi connectivity index (χ2n) is 8.17. The number of piperidine rings is 1. The van der Waals surface area contributed by atoms with Gasteiger partial charge in [-0.2, -0.15) is 0 Å². The van der Waals surface area contributed by atoms with Gasteiger partial charge in [-0.25, -0.2) is 4.98 Å². The molecule has 7 heteroatoms. The van der Waals surface area contributed by atoms with Crippen molar-refractivity contribution in [2.24, 2.45) is 4.99 Å². The Kier molecular flexibility index (Phi) is 8.31. The number of fused-ring (bicyclic) bond motifs is 1. The van der Waals surface area contributed by atoms with Gasteiger partial charge in [-0.05, 0) is 49.9 Å². The SMILES string of the molecule is CN=C(NCc1cn2c(C)cccc2n1)NC1CCN(Cc2ccccc2C)CC1.I. The van der Waals surface area contributed by atoms with Crippen LogP contribution < -0.4 is 10.6 Å². The monoisotopic (exact) mass is 532 g/mol. The van der Waals surface area contributed by atoms with Crippen LogP contribution in [0.3, 0.4) is 0 Å². The van der Waals surface area contributed by atoms with Crippen molar-refractivity contribution in [1.82, 2.24) is 24.9 Å². The average molecular weight is 532 g/mol. The zero-order valence-electron chi connectivity index (χ0n) is 18.6. The van der Waals surface area contributed by atoms with E-state index < -0.39 is 0 Å². The van der Waals surface area contributed by atoms with Gasteiger partial charge in [-0.3, -0.25) is 9.89 Å². The van der Waals surface area contributed by atoms with E-state index in [9.17, 15) is 0 Å². The number of guanidine groups is 1. The third-order valence-electron chi connectivity index (χ3n) is 5.99. The molecule has 3 heterocycles. The van der Waals surface area contributed by atoms with Crippen molar-refractivity contribution < 1.29 is 0 Å². The summed E-state index contributed by atoms with van der Waals surface area (Å²) in [5.41, 5.74) is 6.00. The Morgan fingerprint density at radius 3 is 2.58 bits per heavy atom. The molecule has 0 unspecified atom stereocenters. The van der Waals surface area contributed by atoms with Gasteiger partial charge in [0, 0.05) is 44.6 Å². The molecule has 1 fully saturated rings. The minimum absolute atomic E-state index is 0. The summed E-state index contributed by atoms with van der Waals surface area (Å²) in [6.07, 6.45) is 4.34. The molecule has 0 bridgehead atoms. The van der Waals surface area contributed by atoms with E-state index in [4.69, 9.17) is 4.98 Å². The first-order valence-corrected chi connectivity index (χ1v) is 10.8. The second-order valence-corrected chi connectivity index (χ2v) is 8.17. The molecule has 2 N–H and O–H groups in total. The van der Waals surface area contributed by atoms with Crippen LogP contribution in [-0.2, 0) is 13.1 Å². The van der Waals surface area contributed by atoms with Gasteiger partial charge in [0.2, 0.25) is 0 Å². The predicted molar refractivity (Wildman–Crippen MR) is 138 cm³/mol. The fourth-order valence-corrected chi connectivity index (χ4v) is 4.11. The summed E-state index contributed by atoms with van der Waals surface area (Å²) in [6, 6.07) is 15.3. The molecule has 1 aliphatic rings. The number of hydrogen-bond donors (Lipinski definition) is 2. The summed E-state index contributed by atoms with van der Waals surface area (Å²) in [7, 11) is 1.83. The third kappa shape index (κ3) is 5.98. The van der Waals surface area contributed by atoms with Crippen LogP contribution in [0.4, 0.5) is 0 Å². The molecular formula is C24H33IN6. The molecule has 0 amide bonds. The molecular weight excluding hydrogens is 499 g/mol. The number of aliphatic imine (C=N–C) groups is 1.